The minimum atomic E-state index is 0.740. The molecule has 0 bridgehead atoms. The molecule has 0 unspecified atom stereocenters. The second kappa shape index (κ2) is 6.08. The van der Waals surface area contributed by atoms with E-state index < -0.39 is 0 Å². The molecule has 4 heteroatoms. The lowest BCUT2D eigenvalue weighted by molar-refractivity contribution is 0.154. The third-order valence-corrected chi connectivity index (χ3v) is 2.59. The number of aryl methyl sites for hydroxylation is 1. The zero-order valence-electron chi connectivity index (χ0n) is 9.46. The van der Waals surface area contributed by atoms with Gasteiger partial charge in [0, 0.05) is 30.9 Å². The fraction of sp³-hybridized carbons (Fsp3) is 0.545. The summed E-state index contributed by atoms with van der Waals surface area (Å²) >= 11 is 3.40. The van der Waals surface area contributed by atoms with Gasteiger partial charge in [-0.05, 0) is 41.4 Å². The van der Waals surface area contributed by atoms with Gasteiger partial charge in [-0.3, -0.25) is 0 Å². The van der Waals surface area contributed by atoms with Crippen molar-refractivity contribution in [3.8, 4) is 0 Å². The molecule has 1 aromatic heterocycles. The minimum Gasteiger partial charge on any atom is -0.380 e. The van der Waals surface area contributed by atoms with E-state index in [0.717, 1.165) is 30.0 Å². The van der Waals surface area contributed by atoms with Crippen LogP contribution in [0.2, 0.25) is 0 Å². The number of rotatable bonds is 5. The first-order valence-corrected chi connectivity index (χ1v) is 5.85. The van der Waals surface area contributed by atoms with Gasteiger partial charge in [0.15, 0.2) is 0 Å². The van der Waals surface area contributed by atoms with Crippen LogP contribution < -0.4 is 4.90 Å². The molecule has 15 heavy (non-hydrogen) atoms. The number of aromatic nitrogens is 1. The molecule has 0 aliphatic carbocycles. The first kappa shape index (κ1) is 12.5. The van der Waals surface area contributed by atoms with E-state index in [1.807, 2.05) is 20.2 Å². The summed E-state index contributed by atoms with van der Waals surface area (Å²) in [5, 5.41) is 0. The van der Waals surface area contributed by atoms with E-state index in [1.165, 1.54) is 5.56 Å². The predicted octanol–water partition coefficient (Wildman–Crippen LogP) is 2.63. The Hall–Kier alpha value is -0.610. The summed E-state index contributed by atoms with van der Waals surface area (Å²) in [6.07, 6.45) is 1.82. The largest absolute Gasteiger partial charge is 0.380 e. The summed E-state index contributed by atoms with van der Waals surface area (Å²) in [6.45, 7) is 6.43. The third kappa shape index (κ3) is 3.80. The van der Waals surface area contributed by atoms with Gasteiger partial charge in [-0.2, -0.15) is 0 Å². The van der Waals surface area contributed by atoms with Crippen molar-refractivity contribution in [1.29, 1.82) is 0 Å². The number of likely N-dealkylation sites (N-methyl/N-ethyl adjacent to an activating group) is 1. The summed E-state index contributed by atoms with van der Waals surface area (Å²) in [5.41, 5.74) is 1.17. The Morgan fingerprint density at radius 1 is 1.53 bits per heavy atom. The first-order chi connectivity index (χ1) is 7.15. The smallest absolute Gasteiger partial charge is 0.131 e. The second-order valence-electron chi connectivity index (χ2n) is 3.41. The van der Waals surface area contributed by atoms with Crippen molar-refractivity contribution in [3.63, 3.8) is 0 Å². The molecule has 0 fully saturated rings. The van der Waals surface area contributed by atoms with Crippen LogP contribution in [0.15, 0.2) is 16.7 Å². The summed E-state index contributed by atoms with van der Waals surface area (Å²) in [5.74, 6) is 1.01. The highest BCUT2D eigenvalue weighted by Gasteiger charge is 2.05. The van der Waals surface area contributed by atoms with Crippen molar-refractivity contribution in [2.24, 2.45) is 0 Å². The van der Waals surface area contributed by atoms with E-state index in [0.29, 0.717) is 0 Å². The second-order valence-corrected chi connectivity index (χ2v) is 4.33. The SMILES string of the molecule is CCOCCN(C)c1ncc(Br)cc1C. The van der Waals surface area contributed by atoms with Crippen molar-refractivity contribution in [3.05, 3.63) is 22.3 Å². The molecule has 0 saturated heterocycles. The molecule has 0 spiro atoms. The van der Waals surface area contributed by atoms with Crippen LogP contribution in [0, 0.1) is 6.92 Å². The zero-order chi connectivity index (χ0) is 11.3. The van der Waals surface area contributed by atoms with Crippen molar-refractivity contribution in [2.45, 2.75) is 13.8 Å². The molecule has 1 aromatic rings. The van der Waals surface area contributed by atoms with Crippen molar-refractivity contribution >= 4 is 21.7 Å². The van der Waals surface area contributed by atoms with Gasteiger partial charge in [0.25, 0.3) is 0 Å². The van der Waals surface area contributed by atoms with Gasteiger partial charge in [-0.15, -0.1) is 0 Å². The Balaban J connectivity index is 2.61. The minimum absolute atomic E-state index is 0.740. The van der Waals surface area contributed by atoms with Crippen molar-refractivity contribution < 1.29 is 4.74 Å². The number of pyridine rings is 1. The fourth-order valence-corrected chi connectivity index (χ4v) is 1.83. The van der Waals surface area contributed by atoms with Gasteiger partial charge in [-0.1, -0.05) is 0 Å². The molecule has 0 atom stereocenters. The Labute approximate surface area is 99.6 Å². The molecule has 0 aliphatic heterocycles. The molecule has 1 rings (SSSR count). The Bertz CT molecular complexity index is 317. The number of ether oxygens (including phenoxy) is 1. The number of halogens is 1. The molecule has 84 valence electrons. The summed E-state index contributed by atoms with van der Waals surface area (Å²) in [4.78, 5) is 6.49. The molecule has 0 N–H and O–H groups in total. The normalized spacial score (nSPS) is 10.4. The summed E-state index contributed by atoms with van der Waals surface area (Å²) < 4.78 is 6.33. The van der Waals surface area contributed by atoms with E-state index in [9.17, 15) is 0 Å². The van der Waals surface area contributed by atoms with Crippen molar-refractivity contribution in [1.82, 2.24) is 4.98 Å². The van der Waals surface area contributed by atoms with Gasteiger partial charge >= 0.3 is 0 Å². The lowest BCUT2D eigenvalue weighted by Gasteiger charge is -2.19. The quantitative estimate of drug-likeness (QED) is 0.771. The zero-order valence-corrected chi connectivity index (χ0v) is 11.0. The molecule has 1 heterocycles. The van der Waals surface area contributed by atoms with Crippen LogP contribution in [0.3, 0.4) is 0 Å². The molecule has 0 saturated carbocycles. The topological polar surface area (TPSA) is 25.4 Å². The number of hydrogen-bond acceptors (Lipinski definition) is 3. The van der Waals surface area contributed by atoms with E-state index in [1.54, 1.807) is 0 Å². The molecule has 0 amide bonds. The summed E-state index contributed by atoms with van der Waals surface area (Å²) in [7, 11) is 2.03. The third-order valence-electron chi connectivity index (χ3n) is 2.15. The van der Waals surface area contributed by atoms with Crippen LogP contribution in [-0.2, 0) is 4.74 Å². The Kier molecular flexibility index (Phi) is 5.05. The molecular weight excluding hydrogens is 256 g/mol. The Morgan fingerprint density at radius 3 is 2.87 bits per heavy atom. The molecule has 0 aliphatic rings. The van der Waals surface area contributed by atoms with E-state index in [4.69, 9.17) is 4.74 Å². The molecule has 0 aromatic carbocycles. The number of anilines is 1. The highest BCUT2D eigenvalue weighted by atomic mass is 79.9. The van der Waals surface area contributed by atoms with Crippen LogP contribution in [0.1, 0.15) is 12.5 Å². The highest BCUT2D eigenvalue weighted by molar-refractivity contribution is 9.10. The van der Waals surface area contributed by atoms with Crippen LogP contribution in [0.5, 0.6) is 0 Å². The van der Waals surface area contributed by atoms with Gasteiger partial charge in [0.2, 0.25) is 0 Å². The van der Waals surface area contributed by atoms with Crippen LogP contribution in [0.25, 0.3) is 0 Å². The Morgan fingerprint density at radius 2 is 2.27 bits per heavy atom. The van der Waals surface area contributed by atoms with Gasteiger partial charge in [-0.25, -0.2) is 4.98 Å². The monoisotopic (exact) mass is 272 g/mol. The number of hydrogen-bond donors (Lipinski definition) is 0. The van der Waals surface area contributed by atoms with E-state index in [-0.39, 0.29) is 0 Å². The first-order valence-electron chi connectivity index (χ1n) is 5.06. The predicted molar refractivity (Wildman–Crippen MR) is 66.4 cm³/mol. The van der Waals surface area contributed by atoms with Crippen LogP contribution in [0.4, 0.5) is 5.82 Å². The van der Waals surface area contributed by atoms with Crippen LogP contribution in [-0.4, -0.2) is 31.8 Å². The van der Waals surface area contributed by atoms with Gasteiger partial charge in [0.05, 0.1) is 6.61 Å². The fourth-order valence-electron chi connectivity index (χ4n) is 1.38. The highest BCUT2D eigenvalue weighted by Crippen LogP contribution is 2.19. The van der Waals surface area contributed by atoms with Crippen LogP contribution >= 0.6 is 15.9 Å². The average molecular weight is 273 g/mol. The average Bonchev–Trinajstić information content (AvgIpc) is 2.17. The molecule has 0 radical (unpaired) electrons. The lowest BCUT2D eigenvalue weighted by atomic mass is 10.3. The maximum Gasteiger partial charge on any atom is 0.131 e. The van der Waals surface area contributed by atoms with Gasteiger partial charge < -0.3 is 9.64 Å². The van der Waals surface area contributed by atoms with Gasteiger partial charge in [0.1, 0.15) is 5.82 Å². The lowest BCUT2D eigenvalue weighted by Crippen LogP contribution is -2.24. The standard InChI is InChI=1S/C11H17BrN2O/c1-4-15-6-5-14(3)11-9(2)7-10(12)8-13-11/h7-8H,4-6H2,1-3H3. The number of nitrogens with zero attached hydrogens (tertiary/aromatic N) is 2. The van der Waals surface area contributed by atoms with E-state index >= 15 is 0 Å². The van der Waals surface area contributed by atoms with Crippen molar-refractivity contribution in [2.75, 3.05) is 31.7 Å². The molecule has 3 nitrogen and oxygen atoms in total. The summed E-state index contributed by atoms with van der Waals surface area (Å²) in [6, 6.07) is 2.07. The van der Waals surface area contributed by atoms with E-state index in [2.05, 4.69) is 38.8 Å². The maximum atomic E-state index is 5.31. The molecular formula is C11H17BrN2O. The maximum absolute atomic E-state index is 5.31.